The largest absolute Gasteiger partial charge is 0.382 e. The lowest BCUT2D eigenvalue weighted by Gasteiger charge is -2.09. The van der Waals surface area contributed by atoms with Crippen LogP contribution in [0.5, 0.6) is 0 Å². The van der Waals surface area contributed by atoms with Gasteiger partial charge in [-0.05, 0) is 43.7 Å². The monoisotopic (exact) mass is 450 g/mol. The Morgan fingerprint density at radius 3 is 2.64 bits per heavy atom. The highest BCUT2D eigenvalue weighted by Crippen LogP contribution is 2.11. The molecule has 0 aliphatic carbocycles. The summed E-state index contributed by atoms with van der Waals surface area (Å²) in [4.78, 5) is 52.3. The van der Waals surface area contributed by atoms with E-state index in [4.69, 9.17) is 4.74 Å². The first-order chi connectivity index (χ1) is 16.0. The second kappa shape index (κ2) is 11.6. The molecule has 9 nitrogen and oxygen atoms in total. The molecule has 3 amide bonds. The lowest BCUT2D eigenvalue weighted by atomic mass is 10.1. The van der Waals surface area contributed by atoms with E-state index >= 15 is 0 Å². The van der Waals surface area contributed by atoms with Crippen molar-refractivity contribution in [3.8, 4) is 0 Å². The van der Waals surface area contributed by atoms with Gasteiger partial charge in [-0.15, -0.1) is 0 Å². The maximum atomic E-state index is 12.5. The van der Waals surface area contributed by atoms with Crippen molar-refractivity contribution in [1.29, 1.82) is 0 Å². The van der Waals surface area contributed by atoms with E-state index in [1.54, 1.807) is 48.5 Å². The van der Waals surface area contributed by atoms with E-state index in [9.17, 15) is 19.2 Å². The Morgan fingerprint density at radius 1 is 1.00 bits per heavy atom. The fraction of sp³-hybridized carbons (Fsp3) is 0.250. The average Bonchev–Trinajstić information content (AvgIpc) is 2.83. The number of carbonyl (C=O) groups excluding carboxylic acids is 3. The van der Waals surface area contributed by atoms with E-state index < -0.39 is 17.2 Å². The summed E-state index contributed by atoms with van der Waals surface area (Å²) in [6, 6.07) is 13.3. The Balaban J connectivity index is 1.53. The zero-order valence-electron chi connectivity index (χ0n) is 18.3. The molecule has 0 aliphatic rings. The zero-order chi connectivity index (χ0) is 23.6. The van der Waals surface area contributed by atoms with Crippen LogP contribution in [0.1, 0.15) is 34.1 Å². The second-order valence-corrected chi connectivity index (χ2v) is 7.20. The number of benzene rings is 2. The van der Waals surface area contributed by atoms with Gasteiger partial charge in [-0.25, -0.2) is 0 Å². The molecule has 0 bridgehead atoms. The molecule has 0 aliphatic heterocycles. The molecule has 3 aromatic rings. The topological polar surface area (TPSA) is 129 Å². The third kappa shape index (κ3) is 6.50. The van der Waals surface area contributed by atoms with Crippen LogP contribution < -0.4 is 21.4 Å². The minimum Gasteiger partial charge on any atom is -0.382 e. The summed E-state index contributed by atoms with van der Waals surface area (Å²) in [6.45, 7) is 3.26. The molecular weight excluding hydrogens is 424 g/mol. The molecule has 0 fully saturated rings. The molecule has 9 heteroatoms. The van der Waals surface area contributed by atoms with Crippen molar-refractivity contribution in [2.24, 2.45) is 0 Å². The normalized spacial score (nSPS) is 10.6. The van der Waals surface area contributed by atoms with Gasteiger partial charge in [-0.1, -0.05) is 18.2 Å². The van der Waals surface area contributed by atoms with Crippen molar-refractivity contribution in [2.45, 2.75) is 13.3 Å². The number of hydrogen-bond acceptors (Lipinski definition) is 5. The molecule has 2 aromatic carbocycles. The molecule has 0 spiro atoms. The molecule has 0 saturated heterocycles. The summed E-state index contributed by atoms with van der Waals surface area (Å²) in [6.07, 6.45) is 2.03. The van der Waals surface area contributed by atoms with Crippen LogP contribution in [0, 0.1) is 0 Å². The van der Waals surface area contributed by atoms with Crippen molar-refractivity contribution < 1.29 is 19.1 Å². The Morgan fingerprint density at radius 2 is 1.82 bits per heavy atom. The fourth-order valence-corrected chi connectivity index (χ4v) is 3.16. The summed E-state index contributed by atoms with van der Waals surface area (Å²) in [5.74, 6) is -1.40. The van der Waals surface area contributed by atoms with Gasteiger partial charge in [0, 0.05) is 48.1 Å². The number of H-pyrrole nitrogens is 1. The number of aromatic amines is 1. The minimum absolute atomic E-state index is 0.0792. The molecule has 0 radical (unpaired) electrons. The quantitative estimate of drug-likeness (QED) is 0.351. The first kappa shape index (κ1) is 23.7. The number of ether oxygens (including phenoxy) is 1. The van der Waals surface area contributed by atoms with Crippen LogP contribution in [0.4, 0.5) is 5.69 Å². The number of carbonyl (C=O) groups is 3. The van der Waals surface area contributed by atoms with Crippen molar-refractivity contribution in [2.75, 3.05) is 31.6 Å². The zero-order valence-corrected chi connectivity index (χ0v) is 18.3. The van der Waals surface area contributed by atoms with Crippen molar-refractivity contribution >= 4 is 34.3 Å². The number of amides is 3. The van der Waals surface area contributed by atoms with Crippen LogP contribution in [0.3, 0.4) is 0 Å². The predicted molar refractivity (Wildman–Crippen MR) is 125 cm³/mol. The summed E-state index contributed by atoms with van der Waals surface area (Å²) in [5.41, 5.74) is 0.942. The molecular formula is C24H26N4O5. The van der Waals surface area contributed by atoms with Gasteiger partial charge in [-0.2, -0.15) is 0 Å². The summed E-state index contributed by atoms with van der Waals surface area (Å²) >= 11 is 0. The molecule has 172 valence electrons. The highest BCUT2D eigenvalue weighted by molar-refractivity contribution is 6.01. The summed E-state index contributed by atoms with van der Waals surface area (Å²) < 4.78 is 5.23. The van der Waals surface area contributed by atoms with E-state index in [-0.39, 0.29) is 18.0 Å². The van der Waals surface area contributed by atoms with Crippen molar-refractivity contribution in [1.82, 2.24) is 15.6 Å². The van der Waals surface area contributed by atoms with Crippen LogP contribution in [-0.2, 0) is 9.53 Å². The molecule has 0 saturated carbocycles. The van der Waals surface area contributed by atoms with Crippen molar-refractivity contribution in [3.63, 3.8) is 0 Å². The minimum atomic E-state index is -0.655. The van der Waals surface area contributed by atoms with E-state index in [1.807, 2.05) is 6.92 Å². The average molecular weight is 450 g/mol. The first-order valence-electron chi connectivity index (χ1n) is 10.6. The summed E-state index contributed by atoms with van der Waals surface area (Å²) in [5, 5.41) is 8.26. The van der Waals surface area contributed by atoms with Crippen LogP contribution in [-0.4, -0.2) is 49.0 Å². The first-order valence-corrected chi connectivity index (χ1v) is 10.6. The Kier molecular flexibility index (Phi) is 8.31. The smallest absolute Gasteiger partial charge is 0.257 e. The molecule has 1 aromatic heterocycles. The number of nitrogens with one attached hydrogen (secondary N) is 4. The number of pyridine rings is 1. The third-order valence-electron chi connectivity index (χ3n) is 4.81. The standard InChI is InChI=1S/C24H26N4O5/c1-2-33-12-6-11-25-23(31)16-7-5-8-17(13-16)28-21(29)15-27-24(32)19-14-26-20-10-4-3-9-18(20)22(19)30/h3-5,7-10,13-14H,2,6,11-12,15H2,1H3,(H,25,31)(H,26,30)(H,27,32)(H,28,29). The van der Waals surface area contributed by atoms with Crippen LogP contribution in [0.25, 0.3) is 10.9 Å². The molecule has 1 heterocycles. The number of para-hydroxylation sites is 1. The molecule has 3 rings (SSSR count). The molecule has 0 atom stereocenters. The molecule has 4 N–H and O–H groups in total. The number of hydrogen-bond donors (Lipinski definition) is 4. The highest BCUT2D eigenvalue weighted by Gasteiger charge is 2.14. The van der Waals surface area contributed by atoms with E-state index in [0.29, 0.717) is 48.3 Å². The predicted octanol–water partition coefficient (Wildman–Crippen LogP) is 2.05. The highest BCUT2D eigenvalue weighted by atomic mass is 16.5. The van der Waals surface area contributed by atoms with E-state index in [2.05, 4.69) is 20.9 Å². The van der Waals surface area contributed by atoms with Crippen LogP contribution in [0.15, 0.2) is 59.5 Å². The number of aromatic nitrogens is 1. The van der Waals surface area contributed by atoms with Crippen LogP contribution >= 0.6 is 0 Å². The third-order valence-corrected chi connectivity index (χ3v) is 4.81. The maximum Gasteiger partial charge on any atom is 0.257 e. The van der Waals surface area contributed by atoms with Gasteiger partial charge in [0.15, 0.2) is 0 Å². The van der Waals surface area contributed by atoms with Crippen molar-refractivity contribution in [3.05, 3.63) is 76.1 Å². The van der Waals surface area contributed by atoms with E-state index in [0.717, 1.165) is 0 Å². The SMILES string of the molecule is CCOCCCNC(=O)c1cccc(NC(=O)CNC(=O)c2c[nH]c3ccccc3c2=O)c1. The van der Waals surface area contributed by atoms with Gasteiger partial charge in [-0.3, -0.25) is 19.2 Å². The Labute approximate surface area is 190 Å². The van der Waals surface area contributed by atoms with Gasteiger partial charge in [0.2, 0.25) is 11.3 Å². The second-order valence-electron chi connectivity index (χ2n) is 7.20. The van der Waals surface area contributed by atoms with Gasteiger partial charge in [0.1, 0.15) is 5.56 Å². The summed E-state index contributed by atoms with van der Waals surface area (Å²) in [7, 11) is 0. The van der Waals surface area contributed by atoms with Gasteiger partial charge in [0.25, 0.3) is 11.8 Å². The van der Waals surface area contributed by atoms with Crippen LogP contribution in [0.2, 0.25) is 0 Å². The number of anilines is 1. The van der Waals surface area contributed by atoms with Gasteiger partial charge < -0.3 is 25.7 Å². The molecule has 0 unspecified atom stereocenters. The molecule has 33 heavy (non-hydrogen) atoms. The van der Waals surface area contributed by atoms with Gasteiger partial charge in [0.05, 0.1) is 6.54 Å². The van der Waals surface area contributed by atoms with Gasteiger partial charge >= 0.3 is 0 Å². The lowest BCUT2D eigenvalue weighted by molar-refractivity contribution is -0.115. The van der Waals surface area contributed by atoms with E-state index in [1.165, 1.54) is 6.20 Å². The Bertz CT molecular complexity index is 1200. The lowest BCUT2D eigenvalue weighted by Crippen LogP contribution is -2.35. The fourth-order valence-electron chi connectivity index (χ4n) is 3.16. The number of fused-ring (bicyclic) bond motifs is 1. The maximum absolute atomic E-state index is 12.5. The Hall–Kier alpha value is -3.98. The number of rotatable bonds is 10.